The molecule has 0 unspecified atom stereocenters. The standard InChI is InChI=1S/C21H13ClF3N3OS/c22-14-6-8-15(9-7-14)27-19(29)12-30-20-16(11-26)17(21(23,24)25)10-18(28-20)13-4-2-1-3-5-13/h1-10H,12H2,(H,27,29). The number of benzene rings is 2. The lowest BCUT2D eigenvalue weighted by atomic mass is 10.1. The molecule has 3 aromatic rings. The smallest absolute Gasteiger partial charge is 0.325 e. The number of rotatable bonds is 5. The Balaban J connectivity index is 1.89. The molecule has 9 heteroatoms. The van der Waals surface area contributed by atoms with Crippen LogP contribution >= 0.6 is 23.4 Å². The number of hydrogen-bond donors (Lipinski definition) is 1. The molecule has 30 heavy (non-hydrogen) atoms. The highest BCUT2D eigenvalue weighted by atomic mass is 35.5. The van der Waals surface area contributed by atoms with E-state index in [1.165, 1.54) is 0 Å². The van der Waals surface area contributed by atoms with Gasteiger partial charge in [-0.05, 0) is 30.3 Å². The quantitative estimate of drug-likeness (QED) is 0.485. The number of carbonyl (C=O) groups excluding carboxylic acids is 1. The minimum atomic E-state index is -4.74. The van der Waals surface area contributed by atoms with E-state index in [0.29, 0.717) is 16.3 Å². The highest BCUT2D eigenvalue weighted by Gasteiger charge is 2.36. The first-order chi connectivity index (χ1) is 14.3. The number of carbonyl (C=O) groups is 1. The number of hydrogen-bond acceptors (Lipinski definition) is 4. The number of pyridine rings is 1. The molecule has 0 atom stereocenters. The van der Waals surface area contributed by atoms with E-state index < -0.39 is 23.2 Å². The Hall–Kier alpha value is -3.02. The van der Waals surface area contributed by atoms with Crippen LogP contribution in [0, 0.1) is 11.3 Å². The van der Waals surface area contributed by atoms with Crippen LogP contribution in [0.1, 0.15) is 11.1 Å². The lowest BCUT2D eigenvalue weighted by Gasteiger charge is -2.14. The van der Waals surface area contributed by atoms with Crippen molar-refractivity contribution in [3.63, 3.8) is 0 Å². The highest BCUT2D eigenvalue weighted by molar-refractivity contribution is 8.00. The third-order valence-electron chi connectivity index (χ3n) is 3.94. The molecule has 3 rings (SSSR count). The van der Waals surface area contributed by atoms with Crippen molar-refractivity contribution < 1.29 is 18.0 Å². The van der Waals surface area contributed by atoms with Gasteiger partial charge in [-0.15, -0.1) is 0 Å². The Morgan fingerprint density at radius 1 is 1.13 bits per heavy atom. The van der Waals surface area contributed by atoms with Crippen molar-refractivity contribution in [3.05, 3.63) is 76.8 Å². The molecular formula is C21H13ClF3N3OS. The van der Waals surface area contributed by atoms with Gasteiger partial charge in [-0.25, -0.2) is 4.98 Å². The van der Waals surface area contributed by atoms with E-state index in [-0.39, 0.29) is 16.5 Å². The molecular weight excluding hydrogens is 435 g/mol. The lowest BCUT2D eigenvalue weighted by Crippen LogP contribution is -2.15. The van der Waals surface area contributed by atoms with Crippen LogP contribution in [-0.4, -0.2) is 16.6 Å². The summed E-state index contributed by atoms with van der Waals surface area (Å²) in [5.41, 5.74) is -0.652. The highest BCUT2D eigenvalue weighted by Crippen LogP contribution is 2.37. The Morgan fingerprint density at radius 3 is 2.40 bits per heavy atom. The van der Waals surface area contributed by atoms with Crippen molar-refractivity contribution >= 4 is 35.0 Å². The van der Waals surface area contributed by atoms with Crippen LogP contribution in [0.5, 0.6) is 0 Å². The molecule has 2 aromatic carbocycles. The molecule has 0 aliphatic heterocycles. The summed E-state index contributed by atoms with van der Waals surface area (Å²) in [4.78, 5) is 16.4. The van der Waals surface area contributed by atoms with Crippen molar-refractivity contribution in [2.45, 2.75) is 11.2 Å². The van der Waals surface area contributed by atoms with Gasteiger partial charge in [0.25, 0.3) is 0 Å². The molecule has 1 heterocycles. The number of alkyl halides is 3. The summed E-state index contributed by atoms with van der Waals surface area (Å²) in [5, 5.41) is 12.3. The molecule has 152 valence electrons. The van der Waals surface area contributed by atoms with Gasteiger partial charge in [-0.3, -0.25) is 4.79 Å². The summed E-state index contributed by atoms with van der Waals surface area (Å²) in [6, 6.07) is 17.1. The maximum atomic E-state index is 13.6. The number of nitrogens with one attached hydrogen (secondary N) is 1. The Bertz CT molecular complexity index is 1100. The second-order valence-electron chi connectivity index (χ2n) is 6.05. The van der Waals surface area contributed by atoms with Crippen molar-refractivity contribution in [2.24, 2.45) is 0 Å². The van der Waals surface area contributed by atoms with Crippen molar-refractivity contribution in [2.75, 3.05) is 11.1 Å². The first-order valence-corrected chi connectivity index (χ1v) is 9.90. The first-order valence-electron chi connectivity index (χ1n) is 8.54. The lowest BCUT2D eigenvalue weighted by molar-refractivity contribution is -0.138. The average Bonchev–Trinajstić information content (AvgIpc) is 2.73. The molecule has 1 aromatic heterocycles. The molecule has 0 saturated carbocycles. The number of anilines is 1. The van der Waals surface area contributed by atoms with Gasteiger partial charge >= 0.3 is 6.18 Å². The molecule has 0 aliphatic rings. The predicted molar refractivity (Wildman–Crippen MR) is 110 cm³/mol. The maximum Gasteiger partial charge on any atom is 0.417 e. The fraction of sp³-hybridized carbons (Fsp3) is 0.0952. The van der Waals surface area contributed by atoms with Gasteiger partial charge in [-0.1, -0.05) is 53.7 Å². The molecule has 0 spiro atoms. The largest absolute Gasteiger partial charge is 0.417 e. The van der Waals surface area contributed by atoms with Gasteiger partial charge < -0.3 is 5.32 Å². The summed E-state index contributed by atoms with van der Waals surface area (Å²) in [5.74, 6) is -0.675. The number of aromatic nitrogens is 1. The summed E-state index contributed by atoms with van der Waals surface area (Å²) in [6.45, 7) is 0. The van der Waals surface area contributed by atoms with E-state index in [4.69, 9.17) is 11.6 Å². The Labute approximate surface area is 179 Å². The molecule has 0 saturated heterocycles. The SMILES string of the molecule is N#Cc1c(C(F)(F)F)cc(-c2ccccc2)nc1SCC(=O)Nc1ccc(Cl)cc1. The average molecular weight is 448 g/mol. The fourth-order valence-electron chi connectivity index (χ4n) is 2.58. The Morgan fingerprint density at radius 2 is 1.80 bits per heavy atom. The number of amides is 1. The molecule has 1 N–H and O–H groups in total. The fourth-order valence-corrected chi connectivity index (χ4v) is 3.51. The van der Waals surface area contributed by atoms with E-state index in [9.17, 15) is 23.2 Å². The second kappa shape index (κ2) is 9.20. The first kappa shape index (κ1) is 21.7. The normalized spacial score (nSPS) is 11.0. The molecule has 4 nitrogen and oxygen atoms in total. The third kappa shape index (κ3) is 5.32. The number of thioether (sulfide) groups is 1. The van der Waals surface area contributed by atoms with Gasteiger partial charge in [-0.2, -0.15) is 18.4 Å². The monoisotopic (exact) mass is 447 g/mol. The summed E-state index contributed by atoms with van der Waals surface area (Å²) in [6.07, 6.45) is -4.74. The molecule has 0 aliphatic carbocycles. The van der Waals surface area contributed by atoms with E-state index in [1.54, 1.807) is 60.7 Å². The summed E-state index contributed by atoms with van der Waals surface area (Å²) in [7, 11) is 0. The zero-order valence-electron chi connectivity index (χ0n) is 15.2. The van der Waals surface area contributed by atoms with Gasteiger partial charge in [0.1, 0.15) is 11.1 Å². The van der Waals surface area contributed by atoms with Crippen LogP contribution in [0.2, 0.25) is 5.02 Å². The molecule has 0 bridgehead atoms. The second-order valence-corrected chi connectivity index (χ2v) is 7.46. The van der Waals surface area contributed by atoms with Crippen molar-refractivity contribution in [3.8, 4) is 17.3 Å². The van der Waals surface area contributed by atoms with Gasteiger partial charge in [0.15, 0.2) is 0 Å². The summed E-state index contributed by atoms with van der Waals surface area (Å²) >= 11 is 6.56. The van der Waals surface area contributed by atoms with E-state index >= 15 is 0 Å². The molecule has 1 amide bonds. The van der Waals surface area contributed by atoms with Crippen LogP contribution in [0.3, 0.4) is 0 Å². The topological polar surface area (TPSA) is 65.8 Å². The van der Waals surface area contributed by atoms with Crippen LogP contribution < -0.4 is 5.32 Å². The maximum absolute atomic E-state index is 13.6. The summed E-state index contributed by atoms with van der Waals surface area (Å²) < 4.78 is 40.7. The minimum Gasteiger partial charge on any atom is -0.325 e. The number of halogens is 4. The van der Waals surface area contributed by atoms with Crippen LogP contribution in [0.25, 0.3) is 11.3 Å². The number of nitriles is 1. The van der Waals surface area contributed by atoms with Crippen LogP contribution in [0.4, 0.5) is 18.9 Å². The minimum absolute atomic E-state index is 0.0718. The third-order valence-corrected chi connectivity index (χ3v) is 5.17. The van der Waals surface area contributed by atoms with E-state index in [0.717, 1.165) is 17.8 Å². The zero-order chi connectivity index (χ0) is 21.7. The van der Waals surface area contributed by atoms with Crippen molar-refractivity contribution in [1.82, 2.24) is 4.98 Å². The van der Waals surface area contributed by atoms with Gasteiger partial charge in [0.05, 0.1) is 22.6 Å². The Kier molecular flexibility index (Phi) is 6.65. The number of nitrogens with zero attached hydrogens (tertiary/aromatic N) is 2. The van der Waals surface area contributed by atoms with Crippen molar-refractivity contribution in [1.29, 1.82) is 5.26 Å². The van der Waals surface area contributed by atoms with Crippen LogP contribution in [-0.2, 0) is 11.0 Å². The molecule has 0 radical (unpaired) electrons. The zero-order valence-corrected chi connectivity index (χ0v) is 16.8. The molecule has 0 fully saturated rings. The van der Waals surface area contributed by atoms with E-state index in [2.05, 4.69) is 10.3 Å². The van der Waals surface area contributed by atoms with E-state index in [1.807, 2.05) is 0 Å². The van der Waals surface area contributed by atoms with Gasteiger partial charge in [0.2, 0.25) is 5.91 Å². The van der Waals surface area contributed by atoms with Crippen LogP contribution in [0.15, 0.2) is 65.7 Å². The predicted octanol–water partition coefficient (Wildman–Crippen LogP) is 6.02. The van der Waals surface area contributed by atoms with Gasteiger partial charge in [0, 0.05) is 16.3 Å².